The fourth-order valence-corrected chi connectivity index (χ4v) is 5.56. The van der Waals surface area contributed by atoms with Crippen molar-refractivity contribution in [1.29, 1.82) is 0 Å². The van der Waals surface area contributed by atoms with E-state index < -0.39 is 15.1 Å². The van der Waals surface area contributed by atoms with E-state index in [0.717, 1.165) is 28.6 Å². The maximum absolute atomic E-state index is 12.4. The van der Waals surface area contributed by atoms with Gasteiger partial charge in [0.1, 0.15) is 12.4 Å². The fourth-order valence-electron chi connectivity index (χ4n) is 3.09. The van der Waals surface area contributed by atoms with Crippen molar-refractivity contribution in [3.8, 4) is 5.75 Å². The summed E-state index contributed by atoms with van der Waals surface area (Å²) < 4.78 is 30.1. The van der Waals surface area contributed by atoms with Gasteiger partial charge in [-0.05, 0) is 50.5 Å². The lowest BCUT2D eigenvalue weighted by atomic mass is 10.1. The number of carbonyl (C=O) groups excluding carboxylic acids is 1. The Morgan fingerprint density at radius 3 is 2.66 bits per heavy atom. The fraction of sp³-hybridized carbons (Fsp3) is 0.500. The number of nitrogens with zero attached hydrogens (tertiary/aromatic N) is 3. The molecule has 1 aromatic carbocycles. The summed E-state index contributed by atoms with van der Waals surface area (Å²) in [5.74, 6) is 7.05. The summed E-state index contributed by atoms with van der Waals surface area (Å²) in [6, 6.07) is 5.57. The number of nitrogens with one attached hydrogen (secondary N) is 1. The number of hydrogen-bond acceptors (Lipinski definition) is 8. The van der Waals surface area contributed by atoms with Crippen LogP contribution in [0.3, 0.4) is 0 Å². The van der Waals surface area contributed by atoms with Gasteiger partial charge in [-0.2, -0.15) is 0 Å². The molecule has 2 heterocycles. The first kappa shape index (κ1) is 21.4. The Balaban J connectivity index is 1.56. The summed E-state index contributed by atoms with van der Waals surface area (Å²) >= 11 is 1.16. The lowest BCUT2D eigenvalue weighted by Gasteiger charge is -2.15. The number of aromatic nitrogens is 3. The average Bonchev–Trinajstić information content (AvgIpc) is 3.14. The van der Waals surface area contributed by atoms with Gasteiger partial charge in [0.25, 0.3) is 0 Å². The van der Waals surface area contributed by atoms with Crippen molar-refractivity contribution in [1.82, 2.24) is 20.2 Å². The standard InChI is InChI=1S/C18H25N5O4S2/c1-11-6-12(2)8-15(7-11)27-9-16-21-22-18(23(16)19)28-13(3)17(24)20-14-4-5-29(25,26)10-14/h6-8,13-14H,4-5,9-10,19H2,1-3H3,(H,20,24). The molecule has 0 radical (unpaired) electrons. The molecule has 2 unspecified atom stereocenters. The van der Waals surface area contributed by atoms with Gasteiger partial charge in [-0.25, -0.2) is 13.1 Å². The van der Waals surface area contributed by atoms with Gasteiger partial charge in [-0.15, -0.1) is 10.2 Å². The third kappa shape index (κ3) is 5.63. The minimum atomic E-state index is -3.05. The summed E-state index contributed by atoms with van der Waals surface area (Å²) in [6.45, 7) is 5.85. The molecule has 1 saturated heterocycles. The number of amides is 1. The van der Waals surface area contributed by atoms with Crippen LogP contribution < -0.4 is 15.9 Å². The molecule has 2 atom stereocenters. The number of benzene rings is 1. The van der Waals surface area contributed by atoms with Crippen molar-refractivity contribution in [3.05, 3.63) is 35.2 Å². The molecule has 3 rings (SSSR count). The Hall–Kier alpha value is -2.27. The first-order valence-electron chi connectivity index (χ1n) is 9.21. The molecule has 0 saturated carbocycles. The van der Waals surface area contributed by atoms with Crippen molar-refractivity contribution in [2.24, 2.45) is 0 Å². The number of nitrogen functional groups attached to an aromatic ring is 1. The zero-order valence-electron chi connectivity index (χ0n) is 16.6. The highest BCUT2D eigenvalue weighted by Gasteiger charge is 2.30. The summed E-state index contributed by atoms with van der Waals surface area (Å²) in [5, 5.41) is 10.7. The maximum atomic E-state index is 12.4. The van der Waals surface area contributed by atoms with E-state index in [-0.39, 0.29) is 30.1 Å². The van der Waals surface area contributed by atoms with Gasteiger partial charge in [0.15, 0.2) is 15.7 Å². The van der Waals surface area contributed by atoms with Gasteiger partial charge in [0.2, 0.25) is 11.1 Å². The summed E-state index contributed by atoms with van der Waals surface area (Å²) in [7, 11) is -3.05. The number of carbonyl (C=O) groups is 1. The van der Waals surface area contributed by atoms with Crippen LogP contribution in [0.15, 0.2) is 23.4 Å². The van der Waals surface area contributed by atoms with Gasteiger partial charge < -0.3 is 15.9 Å². The van der Waals surface area contributed by atoms with E-state index in [1.165, 1.54) is 4.68 Å². The number of ether oxygens (including phenoxy) is 1. The third-order valence-corrected chi connectivity index (χ3v) is 7.35. The van der Waals surface area contributed by atoms with E-state index in [1.807, 2.05) is 26.0 Å². The molecular formula is C18H25N5O4S2. The highest BCUT2D eigenvalue weighted by Crippen LogP contribution is 2.23. The van der Waals surface area contributed by atoms with E-state index in [4.69, 9.17) is 10.6 Å². The van der Waals surface area contributed by atoms with Gasteiger partial charge in [-0.3, -0.25) is 4.79 Å². The zero-order valence-corrected chi connectivity index (χ0v) is 18.2. The van der Waals surface area contributed by atoms with Crippen LogP contribution in [-0.2, 0) is 21.2 Å². The lowest BCUT2D eigenvalue weighted by molar-refractivity contribution is -0.120. The number of hydrogen-bond donors (Lipinski definition) is 2. The van der Waals surface area contributed by atoms with Gasteiger partial charge in [0, 0.05) is 6.04 Å². The average molecular weight is 440 g/mol. The minimum absolute atomic E-state index is 0.0108. The molecule has 1 aliphatic rings. The largest absolute Gasteiger partial charge is 0.486 e. The van der Waals surface area contributed by atoms with Crippen LogP contribution in [0.1, 0.15) is 30.3 Å². The molecule has 29 heavy (non-hydrogen) atoms. The van der Waals surface area contributed by atoms with Crippen molar-refractivity contribution < 1.29 is 17.9 Å². The van der Waals surface area contributed by atoms with Crippen LogP contribution in [0.5, 0.6) is 5.75 Å². The lowest BCUT2D eigenvalue weighted by Crippen LogP contribution is -2.40. The van der Waals surface area contributed by atoms with Crippen molar-refractivity contribution in [3.63, 3.8) is 0 Å². The SMILES string of the molecule is Cc1cc(C)cc(OCc2nnc(SC(C)C(=O)NC3CCS(=O)(=O)C3)n2N)c1. The van der Waals surface area contributed by atoms with Crippen molar-refractivity contribution in [2.45, 2.75) is 50.2 Å². The monoisotopic (exact) mass is 439 g/mol. The predicted molar refractivity (Wildman–Crippen MR) is 111 cm³/mol. The molecule has 0 spiro atoms. The zero-order chi connectivity index (χ0) is 21.2. The quantitative estimate of drug-likeness (QED) is 0.482. The first-order valence-corrected chi connectivity index (χ1v) is 11.9. The molecule has 11 heteroatoms. The topological polar surface area (TPSA) is 129 Å². The van der Waals surface area contributed by atoms with E-state index in [2.05, 4.69) is 21.6 Å². The molecule has 158 valence electrons. The minimum Gasteiger partial charge on any atom is -0.486 e. The smallest absolute Gasteiger partial charge is 0.233 e. The Labute approximate surface area is 174 Å². The molecule has 0 bridgehead atoms. The van der Waals surface area contributed by atoms with Gasteiger partial charge >= 0.3 is 0 Å². The molecule has 2 aromatic rings. The van der Waals surface area contributed by atoms with Crippen LogP contribution in [0, 0.1) is 13.8 Å². The van der Waals surface area contributed by atoms with Crippen LogP contribution in [0.25, 0.3) is 0 Å². The molecule has 1 aliphatic heterocycles. The van der Waals surface area contributed by atoms with E-state index in [1.54, 1.807) is 6.92 Å². The molecule has 1 fully saturated rings. The first-order chi connectivity index (χ1) is 13.6. The summed E-state index contributed by atoms with van der Waals surface area (Å²) in [5.41, 5.74) is 2.20. The third-order valence-electron chi connectivity index (χ3n) is 4.53. The number of sulfone groups is 1. The Morgan fingerprint density at radius 1 is 1.34 bits per heavy atom. The molecule has 3 N–H and O–H groups in total. The second-order valence-corrected chi connectivity index (χ2v) is 10.8. The highest BCUT2D eigenvalue weighted by atomic mass is 32.2. The van der Waals surface area contributed by atoms with E-state index in [0.29, 0.717) is 17.4 Å². The predicted octanol–water partition coefficient (Wildman–Crippen LogP) is 0.972. The Morgan fingerprint density at radius 2 is 2.03 bits per heavy atom. The van der Waals surface area contributed by atoms with Gasteiger partial charge in [-0.1, -0.05) is 17.8 Å². The van der Waals surface area contributed by atoms with Crippen LogP contribution >= 0.6 is 11.8 Å². The number of aryl methyl sites for hydroxylation is 2. The molecule has 9 nitrogen and oxygen atoms in total. The molecule has 0 aliphatic carbocycles. The van der Waals surface area contributed by atoms with Crippen LogP contribution in [0.4, 0.5) is 0 Å². The molecule has 1 amide bonds. The summed E-state index contributed by atoms with van der Waals surface area (Å²) in [6.07, 6.45) is 0.443. The highest BCUT2D eigenvalue weighted by molar-refractivity contribution is 8.00. The van der Waals surface area contributed by atoms with E-state index >= 15 is 0 Å². The van der Waals surface area contributed by atoms with Crippen LogP contribution in [-0.4, -0.2) is 52.0 Å². The molecular weight excluding hydrogens is 414 g/mol. The summed E-state index contributed by atoms with van der Waals surface area (Å²) in [4.78, 5) is 12.4. The molecule has 1 aromatic heterocycles. The van der Waals surface area contributed by atoms with Crippen molar-refractivity contribution >= 4 is 27.5 Å². The van der Waals surface area contributed by atoms with Crippen LogP contribution in [0.2, 0.25) is 0 Å². The Bertz CT molecular complexity index is 985. The number of rotatable bonds is 7. The van der Waals surface area contributed by atoms with Gasteiger partial charge in [0.05, 0.1) is 16.8 Å². The van der Waals surface area contributed by atoms with Crippen molar-refractivity contribution in [2.75, 3.05) is 17.3 Å². The second-order valence-electron chi connectivity index (χ2n) is 7.25. The number of nitrogens with two attached hydrogens (primary N) is 1. The normalized spacial score (nSPS) is 19.1. The van der Waals surface area contributed by atoms with E-state index in [9.17, 15) is 13.2 Å². The number of thioether (sulfide) groups is 1. The Kier molecular flexibility index (Phi) is 6.37. The second kappa shape index (κ2) is 8.62. The maximum Gasteiger partial charge on any atom is 0.233 e.